The van der Waals surface area contributed by atoms with E-state index in [1.54, 1.807) is 0 Å². The summed E-state index contributed by atoms with van der Waals surface area (Å²) in [6.07, 6.45) is 7.58. The van der Waals surface area contributed by atoms with E-state index in [0.29, 0.717) is 17.5 Å². The Morgan fingerprint density at radius 3 is 1.64 bits per heavy atom. The van der Waals surface area contributed by atoms with Crippen LogP contribution in [0.3, 0.4) is 0 Å². The first-order chi connectivity index (χ1) is 5.26. The van der Waals surface area contributed by atoms with E-state index >= 15 is 0 Å². The highest BCUT2D eigenvalue weighted by molar-refractivity contribution is 5.04. The van der Waals surface area contributed by atoms with Crippen molar-refractivity contribution < 1.29 is 0 Å². The average molecular weight is 154 g/mol. The smallest absolute Gasteiger partial charge is 0.0110 e. The Labute approximate surface area is 68.3 Å². The van der Waals surface area contributed by atoms with Crippen molar-refractivity contribution in [1.82, 2.24) is 0 Å². The van der Waals surface area contributed by atoms with Crippen LogP contribution in [0.1, 0.15) is 38.5 Å². The summed E-state index contributed by atoms with van der Waals surface area (Å²) in [4.78, 5) is 0. The third-order valence-electron chi connectivity index (χ3n) is 3.79. The summed E-state index contributed by atoms with van der Waals surface area (Å²) >= 11 is 0. The highest BCUT2D eigenvalue weighted by Crippen LogP contribution is 2.48. The molecule has 11 heavy (non-hydrogen) atoms. The van der Waals surface area contributed by atoms with Gasteiger partial charge in [-0.15, -0.1) is 0 Å². The fourth-order valence-corrected chi connectivity index (χ4v) is 3.02. The van der Waals surface area contributed by atoms with Gasteiger partial charge < -0.3 is 11.5 Å². The second kappa shape index (κ2) is 2.46. The van der Waals surface area contributed by atoms with Gasteiger partial charge in [-0.1, -0.05) is 12.8 Å². The van der Waals surface area contributed by atoms with Crippen molar-refractivity contribution in [3.05, 3.63) is 0 Å². The van der Waals surface area contributed by atoms with Crippen molar-refractivity contribution in [3.8, 4) is 0 Å². The first-order valence-corrected chi connectivity index (χ1v) is 4.77. The van der Waals surface area contributed by atoms with Crippen molar-refractivity contribution >= 4 is 0 Å². The van der Waals surface area contributed by atoms with Gasteiger partial charge in [0, 0.05) is 17.5 Å². The van der Waals surface area contributed by atoms with Crippen LogP contribution in [0.5, 0.6) is 0 Å². The maximum atomic E-state index is 6.09. The molecule has 2 atom stereocenters. The lowest BCUT2D eigenvalue weighted by molar-refractivity contribution is 0.235. The van der Waals surface area contributed by atoms with Crippen molar-refractivity contribution in [2.45, 2.75) is 50.6 Å². The molecule has 4 N–H and O–H groups in total. The van der Waals surface area contributed by atoms with Gasteiger partial charge in [0.25, 0.3) is 0 Å². The largest absolute Gasteiger partial charge is 0.327 e. The fourth-order valence-electron chi connectivity index (χ4n) is 3.02. The maximum Gasteiger partial charge on any atom is 0.0110 e. The van der Waals surface area contributed by atoms with Gasteiger partial charge in [0.05, 0.1) is 0 Å². The molecule has 0 bridgehead atoms. The molecule has 0 amide bonds. The number of rotatable bonds is 0. The molecule has 2 heteroatoms. The normalized spacial score (nSPS) is 42.0. The average Bonchev–Trinajstić information content (AvgIpc) is 2.48. The molecule has 64 valence electrons. The van der Waals surface area contributed by atoms with E-state index in [9.17, 15) is 0 Å². The monoisotopic (exact) mass is 154 g/mol. The van der Waals surface area contributed by atoms with Crippen LogP contribution in [-0.2, 0) is 0 Å². The van der Waals surface area contributed by atoms with Crippen LogP contribution in [0, 0.1) is 5.41 Å². The Morgan fingerprint density at radius 2 is 1.36 bits per heavy atom. The second-order valence-electron chi connectivity index (χ2n) is 4.23. The minimum absolute atomic E-state index is 0.361. The number of nitrogens with two attached hydrogens (primary N) is 2. The van der Waals surface area contributed by atoms with E-state index in [1.165, 1.54) is 38.5 Å². The Morgan fingerprint density at radius 1 is 0.909 bits per heavy atom. The van der Waals surface area contributed by atoms with Gasteiger partial charge in [0.2, 0.25) is 0 Å². The topological polar surface area (TPSA) is 52.0 Å². The van der Waals surface area contributed by atoms with Crippen molar-refractivity contribution in [2.75, 3.05) is 0 Å². The Kier molecular flexibility index (Phi) is 1.69. The molecule has 0 aliphatic heterocycles. The zero-order valence-electron chi connectivity index (χ0n) is 7.05. The van der Waals surface area contributed by atoms with Crippen LogP contribution in [0.15, 0.2) is 0 Å². The van der Waals surface area contributed by atoms with Crippen LogP contribution < -0.4 is 11.5 Å². The molecular weight excluding hydrogens is 136 g/mol. The third-order valence-corrected chi connectivity index (χ3v) is 3.79. The highest BCUT2D eigenvalue weighted by Gasteiger charge is 2.47. The molecule has 0 radical (unpaired) electrons. The van der Waals surface area contributed by atoms with Gasteiger partial charge in [-0.2, -0.15) is 0 Å². The quantitative estimate of drug-likeness (QED) is 0.547. The number of hydrogen-bond acceptors (Lipinski definition) is 2. The van der Waals surface area contributed by atoms with E-state index in [4.69, 9.17) is 11.5 Å². The summed E-state index contributed by atoms with van der Waals surface area (Å²) in [5.41, 5.74) is 12.5. The molecule has 0 aromatic rings. The van der Waals surface area contributed by atoms with Crippen LogP contribution in [0.2, 0.25) is 0 Å². The molecule has 0 unspecified atom stereocenters. The minimum Gasteiger partial charge on any atom is -0.327 e. The Bertz CT molecular complexity index is 138. The zero-order chi connectivity index (χ0) is 7.90. The molecule has 1 spiro atoms. The lowest BCUT2D eigenvalue weighted by Gasteiger charge is -2.33. The standard InChI is InChI=1S/C9H18N2/c10-7-3-1-5-9(7)6-2-4-8(9)11/h7-8H,1-6,10-11H2/t7-,8-,9?/m1/s1. The predicted molar refractivity (Wildman–Crippen MR) is 46.1 cm³/mol. The summed E-state index contributed by atoms with van der Waals surface area (Å²) in [6, 6.07) is 0.806. The van der Waals surface area contributed by atoms with Gasteiger partial charge in [-0.3, -0.25) is 0 Å². The summed E-state index contributed by atoms with van der Waals surface area (Å²) in [7, 11) is 0. The van der Waals surface area contributed by atoms with E-state index in [0.717, 1.165) is 0 Å². The van der Waals surface area contributed by atoms with E-state index in [1.807, 2.05) is 0 Å². The summed E-state index contributed by atoms with van der Waals surface area (Å²) in [6.45, 7) is 0. The van der Waals surface area contributed by atoms with Gasteiger partial charge in [0.1, 0.15) is 0 Å². The van der Waals surface area contributed by atoms with E-state index in [2.05, 4.69) is 0 Å². The summed E-state index contributed by atoms with van der Waals surface area (Å²) in [5, 5.41) is 0. The Hall–Kier alpha value is -0.0800. The molecule has 0 heterocycles. The molecule has 0 aromatic carbocycles. The first kappa shape index (κ1) is 7.56. The van der Waals surface area contributed by atoms with Crippen LogP contribution in [-0.4, -0.2) is 12.1 Å². The molecule has 0 saturated heterocycles. The minimum atomic E-state index is 0.361. The van der Waals surface area contributed by atoms with Gasteiger partial charge in [-0.25, -0.2) is 0 Å². The predicted octanol–water partition coefficient (Wildman–Crippen LogP) is 0.995. The maximum absolute atomic E-state index is 6.09. The van der Waals surface area contributed by atoms with Gasteiger partial charge in [0.15, 0.2) is 0 Å². The molecule has 2 aliphatic carbocycles. The van der Waals surface area contributed by atoms with Crippen LogP contribution in [0.25, 0.3) is 0 Å². The summed E-state index contributed by atoms with van der Waals surface area (Å²) < 4.78 is 0. The molecule has 2 rings (SSSR count). The van der Waals surface area contributed by atoms with Crippen molar-refractivity contribution in [3.63, 3.8) is 0 Å². The molecule has 2 aliphatic rings. The van der Waals surface area contributed by atoms with E-state index < -0.39 is 0 Å². The molecule has 2 saturated carbocycles. The highest BCUT2D eigenvalue weighted by atomic mass is 14.8. The van der Waals surface area contributed by atoms with Crippen LogP contribution in [0.4, 0.5) is 0 Å². The molecule has 2 nitrogen and oxygen atoms in total. The Balaban J connectivity index is 2.19. The van der Waals surface area contributed by atoms with Gasteiger partial charge >= 0.3 is 0 Å². The van der Waals surface area contributed by atoms with Crippen molar-refractivity contribution in [2.24, 2.45) is 16.9 Å². The second-order valence-corrected chi connectivity index (χ2v) is 4.23. The SMILES string of the molecule is N[C@@H]1CCCC12CCC[C@H]2N. The summed E-state index contributed by atoms with van der Waals surface area (Å²) in [5.74, 6) is 0. The van der Waals surface area contributed by atoms with Crippen LogP contribution >= 0.6 is 0 Å². The van der Waals surface area contributed by atoms with Gasteiger partial charge in [-0.05, 0) is 25.7 Å². The van der Waals surface area contributed by atoms with E-state index in [-0.39, 0.29) is 0 Å². The molecule has 2 fully saturated rings. The molecule has 0 aromatic heterocycles. The lowest BCUT2D eigenvalue weighted by Crippen LogP contribution is -2.46. The van der Waals surface area contributed by atoms with Crippen molar-refractivity contribution in [1.29, 1.82) is 0 Å². The zero-order valence-corrected chi connectivity index (χ0v) is 7.05. The molecular formula is C9H18N2. The fraction of sp³-hybridized carbons (Fsp3) is 1.00. The lowest BCUT2D eigenvalue weighted by atomic mass is 9.78. The first-order valence-electron chi connectivity index (χ1n) is 4.77. The number of hydrogen-bond donors (Lipinski definition) is 2. The third kappa shape index (κ3) is 0.926.